The van der Waals surface area contributed by atoms with Crippen molar-refractivity contribution in [2.45, 2.75) is 19.5 Å². The maximum absolute atomic E-state index is 12.0. The first-order valence-electron chi connectivity index (χ1n) is 18.8. The molecule has 3 rings (SSSR count). The Bertz CT molecular complexity index is 1620. The van der Waals surface area contributed by atoms with Crippen molar-refractivity contribution in [3.05, 3.63) is 83.4 Å². The molecule has 15 nitrogen and oxygen atoms in total. The molecule has 0 fully saturated rings. The lowest BCUT2D eigenvalue weighted by Crippen LogP contribution is -2.32. The van der Waals surface area contributed by atoms with Crippen LogP contribution in [0.1, 0.15) is 38.8 Å². The van der Waals surface area contributed by atoms with E-state index >= 15 is 0 Å². The lowest BCUT2D eigenvalue weighted by molar-refractivity contribution is 0.0244. The monoisotopic (exact) mass is 829 g/mol. The van der Waals surface area contributed by atoms with Crippen LogP contribution >= 0.6 is 24.0 Å². The quantitative estimate of drug-likeness (QED) is 0.0409. The number of carbonyl (C=O) groups is 2. The van der Waals surface area contributed by atoms with E-state index in [2.05, 4.69) is 37.2 Å². The number of pyridine rings is 2. The number of aromatic nitrogens is 2. The molecule has 0 bridgehead atoms. The fourth-order valence-corrected chi connectivity index (χ4v) is 6.06. The van der Waals surface area contributed by atoms with Crippen molar-refractivity contribution in [1.29, 1.82) is 0 Å². The number of ether oxygens (including phenoxy) is 7. The number of hydrogen-bond acceptors (Lipinski definition) is 17. The number of carbonyl (C=O) groups excluding carboxylic acids is 2. The first-order chi connectivity index (χ1) is 27.9. The van der Waals surface area contributed by atoms with Gasteiger partial charge in [0.1, 0.15) is 23.7 Å². The molecular weight excluding hydrogens is 775 g/mol. The maximum atomic E-state index is 12.0. The van der Waals surface area contributed by atoms with Crippen LogP contribution in [0.4, 0.5) is 5.69 Å². The third kappa shape index (κ3) is 20.9. The number of thiocarbonyl (C=S) groups is 1. The molecule has 1 N–H and O–H groups in total. The topological polar surface area (TPSA) is 164 Å². The average Bonchev–Trinajstić information content (AvgIpc) is 3.23. The Kier molecular flexibility index (Phi) is 25.2. The van der Waals surface area contributed by atoms with Crippen molar-refractivity contribution in [2.24, 2.45) is 4.99 Å². The van der Waals surface area contributed by atoms with Gasteiger partial charge in [-0.15, -0.1) is 0 Å². The van der Waals surface area contributed by atoms with Crippen LogP contribution in [0.2, 0.25) is 0 Å². The van der Waals surface area contributed by atoms with Gasteiger partial charge in [-0.1, -0.05) is 12.1 Å². The van der Waals surface area contributed by atoms with Crippen LogP contribution in [0.5, 0.6) is 5.75 Å². The third-order valence-electron chi connectivity index (χ3n) is 8.07. The molecule has 0 amide bonds. The molecule has 2 heterocycles. The molecule has 2 aromatic heterocycles. The Morgan fingerprint density at radius 2 is 1.21 bits per heavy atom. The number of aliphatic hydroxyl groups excluding tert-OH is 1. The summed E-state index contributed by atoms with van der Waals surface area (Å²) >= 11 is 6.44. The SMILES string of the molecule is COC(=O)c1cccc(CN(CCO)CCOCCOCCN(CCOCCCSCCOCCOc2ccc(N=C=S)cc2)Cc2cccc(C(=O)OC)n2)n1. The summed E-state index contributed by atoms with van der Waals surface area (Å²) in [5, 5.41) is 11.9. The van der Waals surface area contributed by atoms with Crippen molar-refractivity contribution < 1.29 is 47.9 Å². The summed E-state index contributed by atoms with van der Waals surface area (Å²) < 4.78 is 38.6. The predicted molar refractivity (Wildman–Crippen MR) is 221 cm³/mol. The minimum atomic E-state index is -0.493. The summed E-state index contributed by atoms with van der Waals surface area (Å²) in [4.78, 5) is 40.8. The van der Waals surface area contributed by atoms with E-state index in [4.69, 9.17) is 33.2 Å². The normalized spacial score (nSPS) is 11.1. The summed E-state index contributed by atoms with van der Waals surface area (Å²) in [5.41, 5.74) is 2.69. The summed E-state index contributed by atoms with van der Waals surface area (Å²) in [6.45, 7) is 7.86. The van der Waals surface area contributed by atoms with Gasteiger partial charge < -0.3 is 38.3 Å². The minimum Gasteiger partial charge on any atom is -0.491 e. The molecule has 0 atom stereocenters. The summed E-state index contributed by atoms with van der Waals surface area (Å²) in [7, 11) is 2.66. The number of aliphatic imine (C=N–C) groups is 1. The summed E-state index contributed by atoms with van der Waals surface area (Å²) in [5.74, 6) is 1.66. The van der Waals surface area contributed by atoms with Crippen molar-refractivity contribution in [3.63, 3.8) is 0 Å². The van der Waals surface area contributed by atoms with E-state index in [1.165, 1.54) is 14.2 Å². The molecule has 312 valence electrons. The van der Waals surface area contributed by atoms with Gasteiger partial charge >= 0.3 is 11.9 Å². The average molecular weight is 830 g/mol. The van der Waals surface area contributed by atoms with E-state index < -0.39 is 11.9 Å². The second kappa shape index (κ2) is 30.2. The Labute approximate surface area is 345 Å². The zero-order valence-corrected chi connectivity index (χ0v) is 34.5. The van der Waals surface area contributed by atoms with Crippen LogP contribution in [-0.2, 0) is 41.5 Å². The smallest absolute Gasteiger partial charge is 0.356 e. The first kappa shape index (κ1) is 47.5. The van der Waals surface area contributed by atoms with E-state index in [0.717, 1.165) is 35.1 Å². The van der Waals surface area contributed by atoms with Crippen LogP contribution in [0, 0.1) is 0 Å². The molecule has 0 aliphatic rings. The molecule has 3 aromatic rings. The number of aliphatic hydroxyl groups is 1. The molecule has 17 heteroatoms. The number of isothiocyanates is 1. The van der Waals surface area contributed by atoms with E-state index in [0.29, 0.717) is 104 Å². The summed E-state index contributed by atoms with van der Waals surface area (Å²) in [6, 6.07) is 17.8. The number of nitrogens with zero attached hydrogens (tertiary/aromatic N) is 5. The van der Waals surface area contributed by atoms with E-state index in [1.807, 2.05) is 53.1 Å². The minimum absolute atomic E-state index is 0.0124. The van der Waals surface area contributed by atoms with E-state index in [-0.39, 0.29) is 18.0 Å². The van der Waals surface area contributed by atoms with Crippen molar-refractivity contribution in [1.82, 2.24) is 19.8 Å². The number of rotatable bonds is 32. The van der Waals surface area contributed by atoms with E-state index in [1.54, 1.807) is 24.3 Å². The fraction of sp³-hybridized carbons (Fsp3) is 0.525. The first-order valence-corrected chi connectivity index (χ1v) is 20.4. The molecule has 57 heavy (non-hydrogen) atoms. The second-order valence-corrected chi connectivity index (χ2v) is 13.7. The van der Waals surface area contributed by atoms with Gasteiger partial charge in [0.25, 0.3) is 0 Å². The molecule has 0 saturated heterocycles. The Balaban J connectivity index is 1.28. The van der Waals surface area contributed by atoms with Gasteiger partial charge in [0.15, 0.2) is 0 Å². The number of esters is 2. The summed E-state index contributed by atoms with van der Waals surface area (Å²) in [6.07, 6.45) is 0.931. The second-order valence-electron chi connectivity index (χ2n) is 12.2. The lowest BCUT2D eigenvalue weighted by atomic mass is 10.3. The number of methoxy groups -OCH3 is 2. The van der Waals surface area contributed by atoms with Crippen molar-refractivity contribution >= 4 is 46.8 Å². The highest BCUT2D eigenvalue weighted by atomic mass is 32.2. The highest BCUT2D eigenvalue weighted by molar-refractivity contribution is 7.99. The van der Waals surface area contributed by atoms with E-state index in [9.17, 15) is 14.7 Å². The van der Waals surface area contributed by atoms with Gasteiger partial charge in [-0.05, 0) is 72.9 Å². The fourth-order valence-electron chi connectivity index (χ4n) is 5.19. The van der Waals surface area contributed by atoms with Gasteiger partial charge in [0.05, 0.1) is 89.3 Å². The van der Waals surface area contributed by atoms with Gasteiger partial charge in [-0.25, -0.2) is 19.6 Å². The van der Waals surface area contributed by atoms with Crippen molar-refractivity contribution in [3.8, 4) is 5.75 Å². The number of thioether (sulfide) groups is 1. The van der Waals surface area contributed by atoms with Crippen molar-refractivity contribution in [2.75, 3.05) is 118 Å². The predicted octanol–water partition coefficient (Wildman–Crippen LogP) is 4.35. The van der Waals surface area contributed by atoms with Crippen LogP contribution in [0.25, 0.3) is 0 Å². The van der Waals surface area contributed by atoms with Crippen LogP contribution in [0.3, 0.4) is 0 Å². The van der Waals surface area contributed by atoms with Crippen LogP contribution in [0.15, 0.2) is 65.7 Å². The van der Waals surface area contributed by atoms with Gasteiger partial charge in [0, 0.05) is 51.6 Å². The molecule has 0 spiro atoms. The highest BCUT2D eigenvalue weighted by Crippen LogP contribution is 2.17. The highest BCUT2D eigenvalue weighted by Gasteiger charge is 2.13. The van der Waals surface area contributed by atoms with Gasteiger partial charge in [-0.3, -0.25) is 9.80 Å². The Hall–Kier alpha value is -3.87. The zero-order valence-electron chi connectivity index (χ0n) is 32.9. The number of hydrogen-bond donors (Lipinski definition) is 1. The van der Waals surface area contributed by atoms with Crippen LogP contribution < -0.4 is 4.74 Å². The Morgan fingerprint density at radius 3 is 1.75 bits per heavy atom. The molecule has 0 aliphatic carbocycles. The standard InChI is InChI=1S/C40H55N5O10S2/c1-49-39(47)37-8-3-6-34(42-37)30-44(14-18-46)15-21-52-23-24-53-22-17-45(31-35-7-4-9-38(43-35)40(48)50-2)16-20-51-19-5-28-57-29-27-54-25-26-55-36-12-10-33(11-13-36)41-32-56/h3-4,6-13,46H,5,14-31H2,1-2H3. The largest absolute Gasteiger partial charge is 0.491 e. The molecule has 0 saturated carbocycles. The molecule has 0 aliphatic heterocycles. The lowest BCUT2D eigenvalue weighted by Gasteiger charge is -2.22. The maximum Gasteiger partial charge on any atom is 0.356 e. The molecular formula is C40H55N5O10S2. The molecule has 0 radical (unpaired) electrons. The molecule has 1 aromatic carbocycles. The third-order valence-corrected chi connectivity index (χ3v) is 9.20. The number of benzene rings is 1. The Morgan fingerprint density at radius 1 is 0.684 bits per heavy atom. The molecule has 0 unspecified atom stereocenters. The van der Waals surface area contributed by atoms with Gasteiger partial charge in [-0.2, -0.15) is 16.8 Å². The zero-order chi connectivity index (χ0) is 40.8. The van der Waals surface area contributed by atoms with Gasteiger partial charge in [0.2, 0.25) is 0 Å². The van der Waals surface area contributed by atoms with Crippen LogP contribution in [-0.4, -0.2) is 160 Å².